The fraction of sp³-hybridized carbons (Fsp3) is 0.750. The third-order valence-corrected chi connectivity index (χ3v) is 3.97. The minimum absolute atomic E-state index is 0.388. The fourth-order valence-electron chi connectivity index (χ4n) is 2.82. The topological polar surface area (TPSA) is 37.8 Å². The average Bonchev–Trinajstić information content (AvgIpc) is 2.39. The second-order valence-corrected chi connectivity index (χ2v) is 6.13. The predicted octanol–water partition coefficient (Wildman–Crippen LogP) is 4.29. The molecule has 1 fully saturated rings. The van der Waals surface area contributed by atoms with E-state index >= 15 is 0 Å². The minimum Gasteiger partial charge on any atom is -0.370 e. The molecule has 106 valence electrons. The molecule has 0 aliphatic heterocycles. The summed E-state index contributed by atoms with van der Waals surface area (Å²) in [6.07, 6.45) is 8.40. The summed E-state index contributed by atoms with van der Waals surface area (Å²) in [5, 5.41) is 3.48. The van der Waals surface area contributed by atoms with Crippen molar-refractivity contribution in [3.63, 3.8) is 0 Å². The number of aryl methyl sites for hydroxylation is 1. The van der Waals surface area contributed by atoms with E-state index in [1.165, 1.54) is 38.5 Å². The van der Waals surface area contributed by atoms with Crippen LogP contribution in [0, 0.1) is 12.8 Å². The van der Waals surface area contributed by atoms with Gasteiger partial charge in [0.05, 0.1) is 0 Å². The standard InChI is InChI=1S/C16H27N3/c1-12(2)16-18-13(3)11-15(19-16)17-10-9-14-7-5-4-6-8-14/h11-12,14H,4-10H2,1-3H3,(H,17,18,19). The Balaban J connectivity index is 1.84. The molecule has 3 heteroatoms. The van der Waals surface area contributed by atoms with E-state index in [0.717, 1.165) is 29.8 Å². The lowest BCUT2D eigenvalue weighted by atomic mass is 9.87. The predicted molar refractivity (Wildman–Crippen MR) is 80.5 cm³/mol. The minimum atomic E-state index is 0.388. The quantitative estimate of drug-likeness (QED) is 0.859. The van der Waals surface area contributed by atoms with Crippen molar-refractivity contribution in [2.75, 3.05) is 11.9 Å². The van der Waals surface area contributed by atoms with Crippen molar-refractivity contribution in [1.82, 2.24) is 9.97 Å². The summed E-state index contributed by atoms with van der Waals surface area (Å²) in [6.45, 7) is 7.36. The van der Waals surface area contributed by atoms with Gasteiger partial charge in [0.1, 0.15) is 11.6 Å². The third kappa shape index (κ3) is 4.48. The average molecular weight is 261 g/mol. The lowest BCUT2D eigenvalue weighted by Gasteiger charge is -2.21. The summed E-state index contributed by atoms with van der Waals surface area (Å²) >= 11 is 0. The molecule has 1 heterocycles. The van der Waals surface area contributed by atoms with Crippen molar-refractivity contribution >= 4 is 5.82 Å². The molecule has 0 saturated heterocycles. The van der Waals surface area contributed by atoms with Gasteiger partial charge in [-0.25, -0.2) is 9.97 Å². The highest BCUT2D eigenvalue weighted by atomic mass is 15.0. The number of anilines is 1. The number of hydrogen-bond donors (Lipinski definition) is 1. The zero-order valence-electron chi connectivity index (χ0n) is 12.6. The Labute approximate surface area is 117 Å². The van der Waals surface area contributed by atoms with Crippen LogP contribution in [0.2, 0.25) is 0 Å². The van der Waals surface area contributed by atoms with Crippen molar-refractivity contribution in [3.05, 3.63) is 17.6 Å². The van der Waals surface area contributed by atoms with E-state index < -0.39 is 0 Å². The van der Waals surface area contributed by atoms with Crippen LogP contribution in [0.15, 0.2) is 6.07 Å². The van der Waals surface area contributed by atoms with Gasteiger partial charge in [-0.15, -0.1) is 0 Å². The maximum Gasteiger partial charge on any atom is 0.133 e. The highest BCUT2D eigenvalue weighted by Crippen LogP contribution is 2.26. The fourth-order valence-corrected chi connectivity index (χ4v) is 2.82. The van der Waals surface area contributed by atoms with Gasteiger partial charge in [0.25, 0.3) is 0 Å². The van der Waals surface area contributed by atoms with Crippen LogP contribution < -0.4 is 5.32 Å². The van der Waals surface area contributed by atoms with Crippen molar-refractivity contribution in [2.45, 2.75) is 65.2 Å². The number of nitrogens with zero attached hydrogens (tertiary/aromatic N) is 2. The number of hydrogen-bond acceptors (Lipinski definition) is 3. The molecule has 0 amide bonds. The first-order chi connectivity index (χ1) is 9.15. The van der Waals surface area contributed by atoms with Gasteiger partial charge in [0.15, 0.2) is 0 Å². The second kappa shape index (κ2) is 6.88. The van der Waals surface area contributed by atoms with E-state index in [1.54, 1.807) is 0 Å². The first-order valence-corrected chi connectivity index (χ1v) is 7.74. The highest BCUT2D eigenvalue weighted by Gasteiger charge is 2.13. The van der Waals surface area contributed by atoms with Gasteiger partial charge in [0.2, 0.25) is 0 Å². The van der Waals surface area contributed by atoms with Crippen molar-refractivity contribution < 1.29 is 0 Å². The molecule has 0 radical (unpaired) electrons. The zero-order valence-corrected chi connectivity index (χ0v) is 12.6. The van der Waals surface area contributed by atoms with Crippen LogP contribution in [0.25, 0.3) is 0 Å². The van der Waals surface area contributed by atoms with E-state index in [-0.39, 0.29) is 0 Å². The van der Waals surface area contributed by atoms with E-state index in [2.05, 4.69) is 29.1 Å². The number of rotatable bonds is 5. The van der Waals surface area contributed by atoms with Gasteiger partial charge in [-0.3, -0.25) is 0 Å². The molecule has 1 aliphatic carbocycles. The Morgan fingerprint density at radius 2 is 1.95 bits per heavy atom. The van der Waals surface area contributed by atoms with Crippen molar-refractivity contribution in [2.24, 2.45) is 5.92 Å². The van der Waals surface area contributed by atoms with Gasteiger partial charge >= 0.3 is 0 Å². The largest absolute Gasteiger partial charge is 0.370 e. The molecule has 1 aromatic heterocycles. The monoisotopic (exact) mass is 261 g/mol. The summed E-state index contributed by atoms with van der Waals surface area (Å²) in [5.41, 5.74) is 1.05. The molecule has 0 bridgehead atoms. The summed E-state index contributed by atoms with van der Waals surface area (Å²) < 4.78 is 0. The highest BCUT2D eigenvalue weighted by molar-refractivity contribution is 5.36. The molecule has 0 unspecified atom stereocenters. The van der Waals surface area contributed by atoms with Crippen LogP contribution in [-0.4, -0.2) is 16.5 Å². The Bertz CT molecular complexity index is 395. The van der Waals surface area contributed by atoms with E-state index in [1.807, 2.05) is 13.0 Å². The molecule has 0 aromatic carbocycles. The van der Waals surface area contributed by atoms with E-state index in [0.29, 0.717) is 5.92 Å². The van der Waals surface area contributed by atoms with Gasteiger partial charge in [-0.05, 0) is 19.3 Å². The first kappa shape index (κ1) is 14.3. The summed E-state index contributed by atoms with van der Waals surface area (Å²) in [5.74, 6) is 3.25. The van der Waals surface area contributed by atoms with Gasteiger partial charge in [0, 0.05) is 24.2 Å². The number of aromatic nitrogens is 2. The van der Waals surface area contributed by atoms with Gasteiger partial charge in [-0.2, -0.15) is 0 Å². The molecule has 1 saturated carbocycles. The normalized spacial score (nSPS) is 16.8. The van der Waals surface area contributed by atoms with Gasteiger partial charge < -0.3 is 5.32 Å². The first-order valence-electron chi connectivity index (χ1n) is 7.74. The Hall–Kier alpha value is -1.12. The molecule has 1 N–H and O–H groups in total. The smallest absolute Gasteiger partial charge is 0.133 e. The Morgan fingerprint density at radius 3 is 2.63 bits per heavy atom. The molecular weight excluding hydrogens is 234 g/mol. The van der Waals surface area contributed by atoms with Crippen molar-refractivity contribution in [3.8, 4) is 0 Å². The maximum atomic E-state index is 4.59. The van der Waals surface area contributed by atoms with Crippen LogP contribution in [0.5, 0.6) is 0 Å². The second-order valence-electron chi connectivity index (χ2n) is 6.13. The van der Waals surface area contributed by atoms with Crippen LogP contribution >= 0.6 is 0 Å². The van der Waals surface area contributed by atoms with Gasteiger partial charge in [-0.1, -0.05) is 46.0 Å². The van der Waals surface area contributed by atoms with Crippen LogP contribution in [0.1, 0.15) is 69.8 Å². The molecule has 1 aromatic rings. The zero-order chi connectivity index (χ0) is 13.7. The van der Waals surface area contributed by atoms with E-state index in [9.17, 15) is 0 Å². The summed E-state index contributed by atoms with van der Waals surface area (Å²) in [4.78, 5) is 9.07. The van der Waals surface area contributed by atoms with Crippen LogP contribution in [-0.2, 0) is 0 Å². The summed E-state index contributed by atoms with van der Waals surface area (Å²) in [7, 11) is 0. The van der Waals surface area contributed by atoms with Crippen LogP contribution in [0.3, 0.4) is 0 Å². The molecule has 19 heavy (non-hydrogen) atoms. The Morgan fingerprint density at radius 1 is 1.21 bits per heavy atom. The molecule has 0 spiro atoms. The molecule has 2 rings (SSSR count). The molecular formula is C16H27N3. The SMILES string of the molecule is Cc1cc(NCCC2CCCCC2)nc(C(C)C)n1. The maximum absolute atomic E-state index is 4.59. The number of nitrogens with one attached hydrogen (secondary N) is 1. The Kier molecular flexibility index (Phi) is 5.17. The third-order valence-electron chi connectivity index (χ3n) is 3.97. The lowest BCUT2D eigenvalue weighted by molar-refractivity contribution is 0.345. The molecule has 1 aliphatic rings. The lowest BCUT2D eigenvalue weighted by Crippen LogP contribution is -2.13. The van der Waals surface area contributed by atoms with E-state index in [4.69, 9.17) is 0 Å². The molecule has 3 nitrogen and oxygen atoms in total. The van der Waals surface area contributed by atoms with Crippen molar-refractivity contribution in [1.29, 1.82) is 0 Å². The van der Waals surface area contributed by atoms with Crippen LogP contribution in [0.4, 0.5) is 5.82 Å². The summed E-state index contributed by atoms with van der Waals surface area (Å²) in [6, 6.07) is 2.05. The molecule has 0 atom stereocenters.